The van der Waals surface area contributed by atoms with Crippen LogP contribution in [0.25, 0.3) is 0 Å². The summed E-state index contributed by atoms with van der Waals surface area (Å²) in [6.45, 7) is 5.45. The van der Waals surface area contributed by atoms with E-state index in [-0.39, 0.29) is 12.0 Å². The van der Waals surface area contributed by atoms with E-state index in [1.807, 2.05) is 14.0 Å². The fraction of sp³-hybridized carbons (Fsp3) is 0.900. The van der Waals surface area contributed by atoms with Gasteiger partial charge in [-0.1, -0.05) is 6.92 Å². The Morgan fingerprint density at radius 3 is 2.86 bits per heavy atom. The third-order valence-corrected chi connectivity index (χ3v) is 2.72. The predicted molar refractivity (Wildman–Crippen MR) is 55.1 cm³/mol. The van der Waals surface area contributed by atoms with Crippen molar-refractivity contribution in [3.8, 4) is 0 Å². The van der Waals surface area contributed by atoms with Crippen molar-refractivity contribution >= 4 is 5.91 Å². The van der Waals surface area contributed by atoms with Crippen LogP contribution in [-0.4, -0.2) is 38.3 Å². The number of hydrogen-bond acceptors (Lipinski definition) is 3. The van der Waals surface area contributed by atoms with E-state index >= 15 is 0 Å². The van der Waals surface area contributed by atoms with Gasteiger partial charge in [-0.15, -0.1) is 0 Å². The molecule has 1 amide bonds. The van der Waals surface area contributed by atoms with Crippen LogP contribution >= 0.6 is 0 Å². The first-order chi connectivity index (χ1) is 6.65. The van der Waals surface area contributed by atoms with Gasteiger partial charge in [0, 0.05) is 19.2 Å². The zero-order valence-corrected chi connectivity index (χ0v) is 9.17. The molecule has 1 fully saturated rings. The highest BCUT2D eigenvalue weighted by Gasteiger charge is 2.30. The first kappa shape index (κ1) is 11.5. The molecule has 0 bridgehead atoms. The van der Waals surface area contributed by atoms with Gasteiger partial charge in [0.05, 0.1) is 0 Å². The van der Waals surface area contributed by atoms with E-state index in [0.717, 1.165) is 6.42 Å². The van der Waals surface area contributed by atoms with Gasteiger partial charge >= 0.3 is 0 Å². The number of rotatable bonds is 4. The summed E-state index contributed by atoms with van der Waals surface area (Å²) in [6.07, 6.45) is 0.749. The summed E-state index contributed by atoms with van der Waals surface area (Å²) in [5, 5.41) is 5.95. The third kappa shape index (κ3) is 2.96. The van der Waals surface area contributed by atoms with Crippen molar-refractivity contribution in [1.29, 1.82) is 0 Å². The minimum Gasteiger partial charge on any atom is -0.368 e. The molecule has 0 aliphatic carbocycles. The molecule has 3 unspecified atom stereocenters. The van der Waals surface area contributed by atoms with Crippen molar-refractivity contribution in [3.05, 3.63) is 0 Å². The molecule has 0 spiro atoms. The predicted octanol–water partition coefficient (Wildman–Crippen LogP) is 0.136. The van der Waals surface area contributed by atoms with Crippen molar-refractivity contribution in [1.82, 2.24) is 10.6 Å². The molecule has 4 heteroatoms. The number of likely N-dealkylation sites (N-methyl/N-ethyl adjacent to an activating group) is 1. The van der Waals surface area contributed by atoms with E-state index in [2.05, 4.69) is 17.6 Å². The maximum Gasteiger partial charge on any atom is 0.249 e. The Labute approximate surface area is 85.4 Å². The van der Waals surface area contributed by atoms with Crippen molar-refractivity contribution in [2.45, 2.75) is 32.4 Å². The van der Waals surface area contributed by atoms with Crippen LogP contribution in [0.4, 0.5) is 0 Å². The Balaban J connectivity index is 2.27. The molecule has 82 valence electrons. The number of carbonyl (C=O) groups is 1. The van der Waals surface area contributed by atoms with Gasteiger partial charge in [-0.05, 0) is 26.3 Å². The largest absolute Gasteiger partial charge is 0.368 e. The van der Waals surface area contributed by atoms with Gasteiger partial charge in [-0.3, -0.25) is 4.79 Å². The molecule has 0 aromatic carbocycles. The van der Waals surface area contributed by atoms with E-state index in [9.17, 15) is 4.79 Å². The molecular formula is C10H20N2O2. The van der Waals surface area contributed by atoms with Crippen LogP contribution in [0.2, 0.25) is 0 Å². The lowest BCUT2D eigenvalue weighted by Gasteiger charge is -2.16. The second-order valence-corrected chi connectivity index (χ2v) is 3.99. The lowest BCUT2D eigenvalue weighted by molar-refractivity contribution is -0.131. The lowest BCUT2D eigenvalue weighted by Crippen LogP contribution is -2.43. The summed E-state index contributed by atoms with van der Waals surface area (Å²) in [5.41, 5.74) is 0. The molecule has 1 rings (SSSR count). The van der Waals surface area contributed by atoms with E-state index in [0.29, 0.717) is 25.1 Å². The quantitative estimate of drug-likeness (QED) is 0.678. The Morgan fingerprint density at radius 1 is 1.64 bits per heavy atom. The van der Waals surface area contributed by atoms with Crippen LogP contribution in [0.15, 0.2) is 0 Å². The fourth-order valence-corrected chi connectivity index (χ4v) is 1.49. The van der Waals surface area contributed by atoms with E-state index in [1.165, 1.54) is 0 Å². The third-order valence-electron chi connectivity index (χ3n) is 2.72. The van der Waals surface area contributed by atoms with Gasteiger partial charge in [0.25, 0.3) is 0 Å². The second kappa shape index (κ2) is 5.32. The molecule has 1 heterocycles. The number of nitrogens with one attached hydrogen (secondary N) is 2. The Kier molecular flexibility index (Phi) is 4.35. The van der Waals surface area contributed by atoms with E-state index < -0.39 is 0 Å². The van der Waals surface area contributed by atoms with E-state index in [1.54, 1.807) is 0 Å². The molecule has 2 N–H and O–H groups in total. The molecule has 0 aromatic rings. The fourth-order valence-electron chi connectivity index (χ4n) is 1.49. The highest BCUT2D eigenvalue weighted by Crippen LogP contribution is 2.19. The first-order valence-corrected chi connectivity index (χ1v) is 5.21. The van der Waals surface area contributed by atoms with Gasteiger partial charge in [-0.2, -0.15) is 0 Å². The highest BCUT2D eigenvalue weighted by atomic mass is 16.5. The summed E-state index contributed by atoms with van der Waals surface area (Å²) in [6, 6.07) is 0.302. The molecule has 0 radical (unpaired) electrons. The maximum atomic E-state index is 11.6. The van der Waals surface area contributed by atoms with Gasteiger partial charge in [0.15, 0.2) is 0 Å². The zero-order valence-electron chi connectivity index (χ0n) is 9.17. The van der Waals surface area contributed by atoms with Gasteiger partial charge < -0.3 is 15.4 Å². The van der Waals surface area contributed by atoms with Crippen molar-refractivity contribution in [2.75, 3.05) is 20.2 Å². The minimum atomic E-state index is -0.237. The van der Waals surface area contributed by atoms with E-state index in [4.69, 9.17) is 4.74 Å². The molecule has 0 aromatic heterocycles. The van der Waals surface area contributed by atoms with Crippen molar-refractivity contribution in [3.63, 3.8) is 0 Å². The van der Waals surface area contributed by atoms with Gasteiger partial charge in [0.2, 0.25) is 5.91 Å². The average molecular weight is 200 g/mol. The summed E-state index contributed by atoms with van der Waals surface area (Å²) in [7, 11) is 1.88. The zero-order chi connectivity index (χ0) is 10.6. The van der Waals surface area contributed by atoms with Gasteiger partial charge in [0.1, 0.15) is 6.10 Å². The number of amides is 1. The Bertz CT molecular complexity index is 197. The highest BCUT2D eigenvalue weighted by molar-refractivity contribution is 5.81. The number of carbonyl (C=O) groups excluding carboxylic acids is 1. The SMILES string of the molecule is CNC(C)CNC(=O)C1OCCC1C. The summed E-state index contributed by atoms with van der Waals surface area (Å²) in [5.74, 6) is 0.372. The maximum absolute atomic E-state index is 11.6. The summed E-state index contributed by atoms with van der Waals surface area (Å²) >= 11 is 0. The topological polar surface area (TPSA) is 50.4 Å². The van der Waals surface area contributed by atoms with Gasteiger partial charge in [-0.25, -0.2) is 0 Å². The second-order valence-electron chi connectivity index (χ2n) is 3.99. The molecule has 1 saturated heterocycles. The van der Waals surface area contributed by atoms with Crippen molar-refractivity contribution in [2.24, 2.45) is 5.92 Å². The van der Waals surface area contributed by atoms with Crippen LogP contribution in [0.1, 0.15) is 20.3 Å². The molecule has 3 atom stereocenters. The first-order valence-electron chi connectivity index (χ1n) is 5.21. The van der Waals surface area contributed by atoms with Crippen LogP contribution < -0.4 is 10.6 Å². The smallest absolute Gasteiger partial charge is 0.249 e. The standard InChI is InChI=1S/C10H20N2O2/c1-7-4-5-14-9(7)10(13)12-6-8(2)11-3/h7-9,11H,4-6H2,1-3H3,(H,12,13). The Morgan fingerprint density at radius 2 is 2.36 bits per heavy atom. The molecular weight excluding hydrogens is 180 g/mol. The monoisotopic (exact) mass is 200 g/mol. The summed E-state index contributed by atoms with van der Waals surface area (Å²) < 4.78 is 5.36. The van der Waals surface area contributed by atoms with Crippen LogP contribution in [0, 0.1) is 5.92 Å². The summed E-state index contributed by atoms with van der Waals surface area (Å²) in [4.78, 5) is 11.6. The van der Waals surface area contributed by atoms with Crippen molar-refractivity contribution < 1.29 is 9.53 Å². The van der Waals surface area contributed by atoms with Crippen LogP contribution in [0.5, 0.6) is 0 Å². The molecule has 1 aliphatic rings. The average Bonchev–Trinajstić information content (AvgIpc) is 2.60. The van der Waals surface area contributed by atoms with Crippen LogP contribution in [0.3, 0.4) is 0 Å². The lowest BCUT2D eigenvalue weighted by atomic mass is 10.0. The normalized spacial score (nSPS) is 28.8. The number of ether oxygens (including phenoxy) is 1. The molecule has 14 heavy (non-hydrogen) atoms. The Hall–Kier alpha value is -0.610. The molecule has 0 saturated carbocycles. The minimum absolute atomic E-state index is 0.0251. The number of hydrogen-bond donors (Lipinski definition) is 2. The van der Waals surface area contributed by atoms with Crippen LogP contribution in [-0.2, 0) is 9.53 Å². The molecule has 1 aliphatic heterocycles. The molecule has 4 nitrogen and oxygen atoms in total.